The monoisotopic (exact) mass is 417 g/mol. The largest absolute Gasteiger partial charge is 0.416 e. The number of aromatic nitrogens is 1. The normalized spacial score (nSPS) is 17.4. The fourth-order valence-electron chi connectivity index (χ4n) is 3.05. The lowest BCUT2D eigenvalue weighted by molar-refractivity contribution is -0.143. The standard InChI is InChI=1S/C19H17F6N3O/c20-18(21,22)12-7-11(8-13(9-12)19(23,24)25)15-4-1-3-14(28-15)10-27-17(29)16-5-2-6-26-16/h1,3-4,7-9,16,26H,2,5-6,10H2,(H,27,29). The molecule has 1 aliphatic heterocycles. The number of benzene rings is 1. The van der Waals surface area contributed by atoms with Gasteiger partial charge in [-0.2, -0.15) is 26.3 Å². The number of carbonyl (C=O) groups excluding carboxylic acids is 1. The first-order chi connectivity index (χ1) is 13.5. The zero-order chi connectivity index (χ0) is 21.2. The molecule has 4 nitrogen and oxygen atoms in total. The highest BCUT2D eigenvalue weighted by molar-refractivity contribution is 5.81. The summed E-state index contributed by atoms with van der Waals surface area (Å²) in [5.74, 6) is -0.229. The van der Waals surface area contributed by atoms with E-state index >= 15 is 0 Å². The second-order valence-electron chi connectivity index (χ2n) is 6.68. The summed E-state index contributed by atoms with van der Waals surface area (Å²) in [5, 5.41) is 5.69. The van der Waals surface area contributed by atoms with Crippen molar-refractivity contribution in [2.24, 2.45) is 0 Å². The first-order valence-electron chi connectivity index (χ1n) is 8.81. The number of alkyl halides is 6. The summed E-state index contributed by atoms with van der Waals surface area (Å²) in [7, 11) is 0. The van der Waals surface area contributed by atoms with E-state index in [4.69, 9.17) is 0 Å². The summed E-state index contributed by atoms with van der Waals surface area (Å²) >= 11 is 0. The predicted octanol–water partition coefficient (Wildman–Crippen LogP) is 4.15. The number of hydrogen-bond donors (Lipinski definition) is 2. The number of pyridine rings is 1. The lowest BCUT2D eigenvalue weighted by Crippen LogP contribution is -2.40. The van der Waals surface area contributed by atoms with Gasteiger partial charge >= 0.3 is 12.4 Å². The molecular weight excluding hydrogens is 400 g/mol. The number of hydrogen-bond acceptors (Lipinski definition) is 3. The Balaban J connectivity index is 1.86. The third kappa shape index (κ3) is 5.26. The molecule has 29 heavy (non-hydrogen) atoms. The van der Waals surface area contributed by atoms with Crippen molar-refractivity contribution in [1.82, 2.24) is 15.6 Å². The molecule has 1 aromatic heterocycles. The van der Waals surface area contributed by atoms with Crippen molar-refractivity contribution in [3.63, 3.8) is 0 Å². The van der Waals surface area contributed by atoms with Gasteiger partial charge < -0.3 is 10.6 Å². The molecule has 0 aliphatic carbocycles. The molecule has 0 radical (unpaired) electrons. The minimum absolute atomic E-state index is 0.00986. The van der Waals surface area contributed by atoms with Crippen LogP contribution in [0.3, 0.4) is 0 Å². The average molecular weight is 417 g/mol. The van der Waals surface area contributed by atoms with E-state index in [1.165, 1.54) is 18.2 Å². The number of rotatable bonds is 4. The van der Waals surface area contributed by atoms with Crippen LogP contribution in [0.5, 0.6) is 0 Å². The van der Waals surface area contributed by atoms with E-state index in [-0.39, 0.29) is 35.8 Å². The van der Waals surface area contributed by atoms with E-state index in [1.54, 1.807) is 0 Å². The van der Waals surface area contributed by atoms with Crippen LogP contribution in [-0.2, 0) is 23.7 Å². The van der Waals surface area contributed by atoms with E-state index in [0.717, 1.165) is 13.0 Å². The van der Waals surface area contributed by atoms with Crippen molar-refractivity contribution in [3.05, 3.63) is 53.2 Å². The average Bonchev–Trinajstić information content (AvgIpc) is 3.19. The summed E-state index contributed by atoms with van der Waals surface area (Å²) in [6, 6.07) is 5.33. The van der Waals surface area contributed by atoms with E-state index in [0.29, 0.717) is 24.2 Å². The van der Waals surface area contributed by atoms with Gasteiger partial charge in [-0.05, 0) is 49.7 Å². The topological polar surface area (TPSA) is 54.0 Å². The molecule has 1 fully saturated rings. The Morgan fingerprint density at radius 3 is 2.28 bits per heavy atom. The van der Waals surface area contributed by atoms with Crippen molar-refractivity contribution in [3.8, 4) is 11.3 Å². The van der Waals surface area contributed by atoms with E-state index in [2.05, 4.69) is 15.6 Å². The van der Waals surface area contributed by atoms with Gasteiger partial charge in [-0.15, -0.1) is 0 Å². The second-order valence-corrected chi connectivity index (χ2v) is 6.68. The Labute approximate surface area is 162 Å². The van der Waals surface area contributed by atoms with E-state index in [9.17, 15) is 31.1 Å². The quantitative estimate of drug-likeness (QED) is 0.735. The predicted molar refractivity (Wildman–Crippen MR) is 92.5 cm³/mol. The van der Waals surface area contributed by atoms with Crippen molar-refractivity contribution in [2.45, 2.75) is 37.8 Å². The van der Waals surface area contributed by atoms with Crippen molar-refractivity contribution in [2.75, 3.05) is 6.54 Å². The molecule has 10 heteroatoms. The molecule has 0 saturated carbocycles. The SMILES string of the molecule is O=C(NCc1cccc(-c2cc(C(F)(F)F)cc(C(F)(F)F)c2)n1)C1CCCN1. The summed E-state index contributed by atoms with van der Waals surface area (Å²) in [6.45, 7) is 0.749. The molecule has 1 aliphatic rings. The van der Waals surface area contributed by atoms with Gasteiger partial charge in [0, 0.05) is 5.56 Å². The summed E-state index contributed by atoms with van der Waals surface area (Å²) in [6.07, 6.45) is -8.29. The molecule has 2 aromatic rings. The van der Waals surface area contributed by atoms with Crippen LogP contribution in [0.4, 0.5) is 26.3 Å². The van der Waals surface area contributed by atoms with Gasteiger partial charge in [0.15, 0.2) is 0 Å². The number of nitrogens with zero attached hydrogens (tertiary/aromatic N) is 1. The third-order valence-corrected chi connectivity index (χ3v) is 4.51. The van der Waals surface area contributed by atoms with Gasteiger partial charge in [-0.1, -0.05) is 6.07 Å². The maximum atomic E-state index is 13.0. The van der Waals surface area contributed by atoms with Crippen LogP contribution >= 0.6 is 0 Å². The lowest BCUT2D eigenvalue weighted by atomic mass is 10.0. The first-order valence-corrected chi connectivity index (χ1v) is 8.81. The Morgan fingerprint density at radius 1 is 1.07 bits per heavy atom. The van der Waals surface area contributed by atoms with Crippen LogP contribution in [0.15, 0.2) is 36.4 Å². The molecule has 1 atom stereocenters. The van der Waals surface area contributed by atoms with Crippen LogP contribution in [0.25, 0.3) is 11.3 Å². The van der Waals surface area contributed by atoms with Crippen LogP contribution in [0, 0.1) is 0 Å². The van der Waals surface area contributed by atoms with E-state index in [1.807, 2.05) is 0 Å². The molecule has 1 aromatic carbocycles. The molecule has 1 unspecified atom stereocenters. The summed E-state index contributed by atoms with van der Waals surface area (Å²) < 4.78 is 78.3. The second kappa shape index (κ2) is 8.02. The minimum Gasteiger partial charge on any atom is -0.349 e. The molecule has 1 saturated heterocycles. The lowest BCUT2D eigenvalue weighted by Gasteiger charge is -2.15. The number of carbonyl (C=O) groups is 1. The van der Waals surface area contributed by atoms with Crippen LogP contribution in [-0.4, -0.2) is 23.5 Å². The van der Waals surface area contributed by atoms with Gasteiger partial charge in [-0.3, -0.25) is 9.78 Å². The van der Waals surface area contributed by atoms with Crippen LogP contribution < -0.4 is 10.6 Å². The third-order valence-electron chi connectivity index (χ3n) is 4.51. The van der Waals surface area contributed by atoms with Gasteiger partial charge in [0.25, 0.3) is 0 Å². The van der Waals surface area contributed by atoms with Gasteiger partial charge in [0.1, 0.15) is 0 Å². The van der Waals surface area contributed by atoms with Crippen LogP contribution in [0.1, 0.15) is 29.7 Å². The summed E-state index contributed by atoms with van der Waals surface area (Å²) in [5.41, 5.74) is -2.85. The molecule has 0 bridgehead atoms. The first kappa shape index (κ1) is 21.1. The highest BCUT2D eigenvalue weighted by Crippen LogP contribution is 2.38. The van der Waals surface area contributed by atoms with E-state index < -0.39 is 23.5 Å². The molecule has 3 rings (SSSR count). The highest BCUT2D eigenvalue weighted by Gasteiger charge is 2.37. The Bertz CT molecular complexity index is 856. The molecule has 2 heterocycles. The fraction of sp³-hybridized carbons (Fsp3) is 0.368. The van der Waals surface area contributed by atoms with Crippen molar-refractivity contribution < 1.29 is 31.1 Å². The molecule has 2 N–H and O–H groups in total. The molecule has 156 valence electrons. The molecule has 0 spiro atoms. The molecule has 1 amide bonds. The van der Waals surface area contributed by atoms with Crippen LogP contribution in [0.2, 0.25) is 0 Å². The zero-order valence-electron chi connectivity index (χ0n) is 15.0. The minimum atomic E-state index is -4.93. The molecular formula is C19H17F6N3O. The maximum Gasteiger partial charge on any atom is 0.416 e. The van der Waals surface area contributed by atoms with Crippen molar-refractivity contribution in [1.29, 1.82) is 0 Å². The fourth-order valence-corrected chi connectivity index (χ4v) is 3.05. The van der Waals surface area contributed by atoms with Gasteiger partial charge in [0.2, 0.25) is 5.91 Å². The Kier molecular flexibility index (Phi) is 5.83. The smallest absolute Gasteiger partial charge is 0.349 e. The summed E-state index contributed by atoms with van der Waals surface area (Å²) in [4.78, 5) is 16.2. The number of amides is 1. The number of halogens is 6. The highest BCUT2D eigenvalue weighted by atomic mass is 19.4. The van der Waals surface area contributed by atoms with Crippen molar-refractivity contribution >= 4 is 5.91 Å². The number of nitrogens with one attached hydrogen (secondary N) is 2. The maximum absolute atomic E-state index is 13.0. The Hall–Kier alpha value is -2.62. The van der Waals surface area contributed by atoms with Gasteiger partial charge in [-0.25, -0.2) is 0 Å². The Morgan fingerprint density at radius 2 is 1.72 bits per heavy atom. The zero-order valence-corrected chi connectivity index (χ0v) is 15.0. The van der Waals surface area contributed by atoms with Gasteiger partial charge in [0.05, 0.1) is 35.1 Å².